The van der Waals surface area contributed by atoms with Crippen molar-refractivity contribution in [1.29, 1.82) is 5.41 Å². The zero-order valence-electron chi connectivity index (χ0n) is 23.7. The maximum atomic E-state index is 14.9. The van der Waals surface area contributed by atoms with Crippen LogP contribution in [0.5, 0.6) is 5.75 Å². The summed E-state index contributed by atoms with van der Waals surface area (Å²) in [7, 11) is 0. The van der Waals surface area contributed by atoms with Crippen LogP contribution in [0.2, 0.25) is 5.02 Å². The highest BCUT2D eigenvalue weighted by atomic mass is 35.5. The molecular weight excluding hydrogens is 590 g/mol. The van der Waals surface area contributed by atoms with Crippen LogP contribution in [0.15, 0.2) is 35.6 Å². The summed E-state index contributed by atoms with van der Waals surface area (Å²) in [5.41, 5.74) is 0.169. The number of carbonyl (C=O) groups is 1. The highest BCUT2D eigenvalue weighted by molar-refractivity contribution is 6.30. The molecule has 43 heavy (non-hydrogen) atoms. The monoisotopic (exact) mass is 623 g/mol. The molecule has 3 aliphatic rings. The van der Waals surface area contributed by atoms with E-state index in [1.54, 1.807) is 18.5 Å². The molecule has 5 rings (SSSR count). The number of hydrogen-bond acceptors (Lipinski definition) is 6. The van der Waals surface area contributed by atoms with E-state index in [2.05, 4.69) is 25.2 Å². The second kappa shape index (κ2) is 13.0. The summed E-state index contributed by atoms with van der Waals surface area (Å²) >= 11 is 5.89. The molecule has 1 saturated carbocycles. The van der Waals surface area contributed by atoms with Crippen LogP contribution in [-0.2, 0) is 11.2 Å². The molecular formula is C29H34ClF4N7O2. The largest absolute Gasteiger partial charge is 0.493 e. The van der Waals surface area contributed by atoms with E-state index in [0.717, 1.165) is 38.3 Å². The van der Waals surface area contributed by atoms with Crippen LogP contribution < -0.4 is 15.0 Å². The normalized spacial score (nSPS) is 23.7. The first kappa shape index (κ1) is 31.0. The zero-order valence-corrected chi connectivity index (χ0v) is 24.5. The lowest BCUT2D eigenvalue weighted by atomic mass is 9.90. The molecule has 1 unspecified atom stereocenters. The molecule has 1 aromatic carbocycles. The van der Waals surface area contributed by atoms with Crippen LogP contribution in [0, 0.1) is 29.0 Å². The zero-order chi connectivity index (χ0) is 30.7. The lowest BCUT2D eigenvalue weighted by Gasteiger charge is -2.35. The molecule has 9 nitrogen and oxygen atoms in total. The Kier molecular flexibility index (Phi) is 9.38. The number of amides is 1. The first-order valence-electron chi connectivity index (χ1n) is 14.4. The second-order valence-corrected chi connectivity index (χ2v) is 11.7. The maximum Gasteiger partial charge on any atom is 0.450 e. The molecule has 0 radical (unpaired) electrons. The summed E-state index contributed by atoms with van der Waals surface area (Å²) in [6.07, 6.45) is 2.35. The predicted octanol–water partition coefficient (Wildman–Crippen LogP) is 4.89. The van der Waals surface area contributed by atoms with Gasteiger partial charge in [-0.1, -0.05) is 17.7 Å². The summed E-state index contributed by atoms with van der Waals surface area (Å²) in [5.74, 6) is 0.149. The fourth-order valence-electron chi connectivity index (χ4n) is 5.98. The number of piperidine rings is 1. The molecule has 1 aliphatic carbocycles. The molecule has 3 fully saturated rings. The Hall–Kier alpha value is -3.48. The van der Waals surface area contributed by atoms with Gasteiger partial charge in [-0.3, -0.25) is 10.2 Å². The van der Waals surface area contributed by atoms with Crippen LogP contribution in [0.1, 0.15) is 38.2 Å². The Morgan fingerprint density at radius 2 is 1.93 bits per heavy atom. The number of halogens is 5. The molecule has 2 saturated heterocycles. The van der Waals surface area contributed by atoms with Crippen molar-refractivity contribution >= 4 is 35.1 Å². The van der Waals surface area contributed by atoms with E-state index in [0.29, 0.717) is 35.1 Å². The van der Waals surface area contributed by atoms with Gasteiger partial charge in [0.15, 0.2) is 0 Å². The summed E-state index contributed by atoms with van der Waals surface area (Å²) < 4.78 is 58.9. The quantitative estimate of drug-likeness (QED) is 0.246. The molecule has 1 aromatic heterocycles. The number of aromatic nitrogens is 2. The van der Waals surface area contributed by atoms with E-state index in [-0.39, 0.29) is 30.9 Å². The number of carbonyl (C=O) groups excluding carboxylic acids is 1. The molecule has 2 aromatic rings. The van der Waals surface area contributed by atoms with Gasteiger partial charge >= 0.3 is 6.18 Å². The molecule has 0 spiro atoms. The number of aliphatic imine (C=N–C) groups is 1. The molecule has 232 valence electrons. The van der Waals surface area contributed by atoms with Gasteiger partial charge in [-0.25, -0.2) is 19.4 Å². The fraction of sp³-hybridized carbons (Fsp3) is 0.552. The number of hydrogen-bond donors (Lipinski definition) is 2. The van der Waals surface area contributed by atoms with Crippen LogP contribution in [-0.4, -0.2) is 77.5 Å². The molecule has 0 bridgehead atoms. The molecule has 14 heteroatoms. The lowest BCUT2D eigenvalue weighted by Crippen LogP contribution is -2.56. The van der Waals surface area contributed by atoms with E-state index in [4.69, 9.17) is 21.7 Å². The van der Waals surface area contributed by atoms with Crippen molar-refractivity contribution in [3.63, 3.8) is 0 Å². The highest BCUT2D eigenvalue weighted by Gasteiger charge is 2.43. The SMILES string of the molecule is CC1/C(=N/C(=N)C(F)(F)F)NCCN1C(=O)Cc1ccc(OCC[C@@H]2C[C@@H]2C2CCN(c3ncc(Cl)cn3)CC2)cc1F. The minimum Gasteiger partial charge on any atom is -0.493 e. The number of benzene rings is 1. The topological polar surface area (TPSA) is 107 Å². The van der Waals surface area contributed by atoms with E-state index >= 15 is 0 Å². The summed E-state index contributed by atoms with van der Waals surface area (Å²) in [6.45, 7) is 4.23. The van der Waals surface area contributed by atoms with Crippen molar-refractivity contribution in [3.8, 4) is 5.75 Å². The third-order valence-electron chi connectivity index (χ3n) is 8.48. The minimum absolute atomic E-state index is 0.123. The molecule has 2 aliphatic heterocycles. The number of rotatable bonds is 8. The number of nitrogens with one attached hydrogen (secondary N) is 2. The van der Waals surface area contributed by atoms with Crippen molar-refractivity contribution in [2.24, 2.45) is 22.7 Å². The van der Waals surface area contributed by atoms with E-state index < -0.39 is 29.8 Å². The van der Waals surface area contributed by atoms with Gasteiger partial charge in [0.05, 0.1) is 36.5 Å². The third kappa shape index (κ3) is 7.73. The molecule has 3 atom stereocenters. The number of piperazine rings is 1. The Morgan fingerprint density at radius 3 is 2.60 bits per heavy atom. The number of nitrogens with zero attached hydrogens (tertiary/aromatic N) is 5. The van der Waals surface area contributed by atoms with Crippen LogP contribution >= 0.6 is 11.6 Å². The number of ether oxygens (including phenoxy) is 1. The smallest absolute Gasteiger partial charge is 0.450 e. The standard InChI is InChI=1S/C29H34ClF4N7O2/c1-17-26(39-27(35)29(32,33)34)36-7-10-41(17)25(42)13-20-2-3-22(14-24(20)31)43-11-6-19-12-23(19)18-4-8-40(9-5-18)28-37-15-21(30)16-38-28/h2-3,14-19,23H,4-13H2,1H3,(H2,35,36,39)/t17?,19-,23-/m1/s1. The summed E-state index contributed by atoms with van der Waals surface area (Å²) in [5, 5.41) is 10.4. The van der Waals surface area contributed by atoms with Gasteiger partial charge in [-0.15, -0.1) is 0 Å². The van der Waals surface area contributed by atoms with Gasteiger partial charge in [0, 0.05) is 32.2 Å². The van der Waals surface area contributed by atoms with Crippen LogP contribution in [0.3, 0.4) is 0 Å². The Bertz CT molecular complexity index is 1350. The average molecular weight is 624 g/mol. The Morgan fingerprint density at radius 1 is 1.21 bits per heavy atom. The van der Waals surface area contributed by atoms with Gasteiger partial charge in [0.1, 0.15) is 17.4 Å². The van der Waals surface area contributed by atoms with E-state index in [1.807, 2.05) is 0 Å². The number of anilines is 1. The van der Waals surface area contributed by atoms with Gasteiger partial charge in [-0.2, -0.15) is 13.2 Å². The van der Waals surface area contributed by atoms with Gasteiger partial charge in [0.2, 0.25) is 17.7 Å². The number of amidine groups is 2. The third-order valence-corrected chi connectivity index (χ3v) is 8.67. The van der Waals surface area contributed by atoms with E-state index in [1.165, 1.54) is 30.4 Å². The van der Waals surface area contributed by atoms with Gasteiger partial charge in [0.25, 0.3) is 0 Å². The first-order valence-corrected chi connectivity index (χ1v) is 14.8. The molecule has 3 heterocycles. The Labute approximate surface area is 252 Å². The highest BCUT2D eigenvalue weighted by Crippen LogP contribution is 2.49. The average Bonchev–Trinajstić information content (AvgIpc) is 3.75. The second-order valence-electron chi connectivity index (χ2n) is 11.3. The summed E-state index contributed by atoms with van der Waals surface area (Å²) in [6, 6.07) is 3.58. The number of alkyl halides is 3. The fourth-order valence-corrected chi connectivity index (χ4v) is 6.08. The van der Waals surface area contributed by atoms with Crippen molar-refractivity contribution in [3.05, 3.63) is 47.0 Å². The van der Waals surface area contributed by atoms with E-state index in [9.17, 15) is 22.4 Å². The van der Waals surface area contributed by atoms with Crippen LogP contribution in [0.25, 0.3) is 0 Å². The van der Waals surface area contributed by atoms with Gasteiger partial charge in [-0.05, 0) is 62.0 Å². The minimum atomic E-state index is -4.89. The van der Waals surface area contributed by atoms with Crippen LogP contribution in [0.4, 0.5) is 23.5 Å². The maximum absolute atomic E-state index is 14.9. The van der Waals surface area contributed by atoms with Crippen molar-refractivity contribution in [1.82, 2.24) is 20.2 Å². The molecule has 2 N–H and O–H groups in total. The first-order chi connectivity index (χ1) is 20.5. The van der Waals surface area contributed by atoms with Crippen molar-refractivity contribution in [2.45, 2.75) is 51.2 Å². The van der Waals surface area contributed by atoms with Gasteiger partial charge < -0.3 is 19.9 Å². The predicted molar refractivity (Wildman–Crippen MR) is 154 cm³/mol. The van der Waals surface area contributed by atoms with Crippen molar-refractivity contribution < 1.29 is 27.1 Å². The Balaban J connectivity index is 1.05. The molecule has 1 amide bonds. The lowest BCUT2D eigenvalue weighted by molar-refractivity contribution is -0.131. The van der Waals surface area contributed by atoms with Crippen molar-refractivity contribution in [2.75, 3.05) is 37.7 Å². The summed E-state index contributed by atoms with van der Waals surface area (Å²) in [4.78, 5) is 28.4.